The van der Waals surface area contributed by atoms with Gasteiger partial charge in [-0.2, -0.15) is 0 Å². The maximum atomic E-state index is 12.1. The molecule has 0 aliphatic carbocycles. The zero-order valence-electron chi connectivity index (χ0n) is 14.2. The van der Waals surface area contributed by atoms with Gasteiger partial charge in [0.2, 0.25) is 0 Å². The second-order valence-corrected chi connectivity index (χ2v) is 7.17. The minimum absolute atomic E-state index is 0.353. The van der Waals surface area contributed by atoms with Crippen molar-refractivity contribution in [2.24, 2.45) is 0 Å². The number of hydrogen-bond acceptors (Lipinski definition) is 4. The van der Waals surface area contributed by atoms with E-state index in [0.717, 1.165) is 35.0 Å². The fourth-order valence-electron chi connectivity index (χ4n) is 3.35. The highest BCUT2D eigenvalue weighted by Gasteiger charge is 2.25. The van der Waals surface area contributed by atoms with Crippen molar-refractivity contribution in [3.63, 3.8) is 0 Å². The lowest BCUT2D eigenvalue weighted by atomic mass is 10.0. The molecule has 2 heterocycles. The zero-order valence-corrected chi connectivity index (χ0v) is 15.7. The van der Waals surface area contributed by atoms with Crippen molar-refractivity contribution in [2.75, 3.05) is 11.6 Å². The molecule has 26 heavy (non-hydrogen) atoms. The van der Waals surface area contributed by atoms with Crippen LogP contribution < -0.4 is 15.3 Å². The molecule has 1 aromatic heterocycles. The maximum Gasteiger partial charge on any atom is 0.336 e. The average Bonchev–Trinajstić information content (AvgIpc) is 2.63. The van der Waals surface area contributed by atoms with E-state index in [1.54, 1.807) is 6.07 Å². The van der Waals surface area contributed by atoms with Gasteiger partial charge in [-0.25, -0.2) is 4.79 Å². The zero-order chi connectivity index (χ0) is 18.3. The number of benzene rings is 2. The molecule has 0 fully saturated rings. The summed E-state index contributed by atoms with van der Waals surface area (Å²) in [6.45, 7) is 2.97. The third-order valence-electron chi connectivity index (χ3n) is 4.55. The third kappa shape index (κ3) is 3.04. The summed E-state index contributed by atoms with van der Waals surface area (Å²) >= 11 is 12.4. The normalized spacial score (nSPS) is 13.6. The third-order valence-corrected chi connectivity index (χ3v) is 5.08. The van der Waals surface area contributed by atoms with Crippen molar-refractivity contribution < 1.29 is 9.15 Å². The molecule has 0 amide bonds. The monoisotopic (exact) mass is 389 g/mol. The Bertz CT molecular complexity index is 1030. The van der Waals surface area contributed by atoms with E-state index in [2.05, 4.69) is 6.92 Å². The van der Waals surface area contributed by atoms with Crippen molar-refractivity contribution in [1.29, 1.82) is 0 Å². The van der Waals surface area contributed by atoms with E-state index < -0.39 is 0 Å². The molecule has 0 saturated heterocycles. The minimum atomic E-state index is -0.353. The van der Waals surface area contributed by atoms with Gasteiger partial charge in [0, 0.05) is 22.2 Å². The van der Waals surface area contributed by atoms with Gasteiger partial charge in [-0.05, 0) is 42.3 Å². The Hall–Kier alpha value is -2.17. The van der Waals surface area contributed by atoms with Crippen LogP contribution >= 0.6 is 23.2 Å². The van der Waals surface area contributed by atoms with Crippen molar-refractivity contribution in [3.05, 3.63) is 68.0 Å². The largest absolute Gasteiger partial charge is 0.471 e. The maximum absolute atomic E-state index is 12.1. The minimum Gasteiger partial charge on any atom is -0.471 e. The van der Waals surface area contributed by atoms with Gasteiger partial charge in [0.1, 0.15) is 11.3 Å². The molecule has 3 aromatic rings. The number of fused-ring (bicyclic) bond motifs is 3. The molecular formula is C20H17Cl2NO3. The van der Waals surface area contributed by atoms with E-state index >= 15 is 0 Å². The molecule has 4 rings (SSSR count). The second kappa shape index (κ2) is 6.86. The van der Waals surface area contributed by atoms with Crippen LogP contribution in [0.4, 0.5) is 5.69 Å². The predicted octanol–water partition coefficient (Wildman–Crippen LogP) is 5.41. The number of anilines is 1. The van der Waals surface area contributed by atoms with Crippen LogP contribution in [-0.4, -0.2) is 6.73 Å². The summed E-state index contributed by atoms with van der Waals surface area (Å²) in [5.74, 6) is 0.584. The number of aryl methyl sites for hydroxylation is 1. The molecule has 0 unspecified atom stereocenters. The molecule has 0 radical (unpaired) electrons. The highest BCUT2D eigenvalue weighted by atomic mass is 35.5. The fraction of sp³-hybridized carbons (Fsp3) is 0.250. The summed E-state index contributed by atoms with van der Waals surface area (Å²) in [5.41, 5.74) is 2.92. The molecular weight excluding hydrogens is 373 g/mol. The van der Waals surface area contributed by atoms with Crippen LogP contribution in [0.15, 0.2) is 45.6 Å². The van der Waals surface area contributed by atoms with Gasteiger partial charge >= 0.3 is 5.63 Å². The first-order chi connectivity index (χ1) is 12.6. The lowest BCUT2D eigenvalue weighted by Crippen LogP contribution is -2.32. The van der Waals surface area contributed by atoms with Gasteiger partial charge in [0.15, 0.2) is 6.73 Å². The number of halogens is 2. The summed E-state index contributed by atoms with van der Waals surface area (Å²) in [6, 6.07) is 10.9. The SMILES string of the molecule is CCCc1cc(=O)oc2c3c(c(Cl)cc12)OCN(c1ccc(Cl)cc1)C3. The first-order valence-electron chi connectivity index (χ1n) is 8.48. The summed E-state index contributed by atoms with van der Waals surface area (Å²) in [7, 11) is 0. The number of hydrogen-bond donors (Lipinski definition) is 0. The summed E-state index contributed by atoms with van der Waals surface area (Å²) in [5, 5.41) is 2.09. The van der Waals surface area contributed by atoms with Crippen LogP contribution in [0.3, 0.4) is 0 Å². The number of rotatable bonds is 3. The van der Waals surface area contributed by atoms with E-state index in [0.29, 0.717) is 34.7 Å². The molecule has 0 saturated carbocycles. The van der Waals surface area contributed by atoms with Gasteiger partial charge in [0.25, 0.3) is 0 Å². The number of ether oxygens (including phenoxy) is 1. The number of nitrogens with zero attached hydrogens (tertiary/aromatic N) is 1. The topological polar surface area (TPSA) is 42.7 Å². The molecule has 0 spiro atoms. The van der Waals surface area contributed by atoms with E-state index in [4.69, 9.17) is 32.4 Å². The molecule has 6 heteroatoms. The van der Waals surface area contributed by atoms with Crippen LogP contribution in [-0.2, 0) is 13.0 Å². The van der Waals surface area contributed by atoms with Gasteiger partial charge in [-0.1, -0.05) is 36.5 Å². The van der Waals surface area contributed by atoms with E-state index in [9.17, 15) is 4.79 Å². The average molecular weight is 390 g/mol. The standard InChI is InChI=1S/C20H17Cl2NO3/c1-2-3-12-8-18(24)26-19-15(12)9-17(22)20-16(19)10-23(11-25-20)14-6-4-13(21)5-7-14/h4-9H,2-3,10-11H2,1H3. The smallest absolute Gasteiger partial charge is 0.336 e. The molecule has 0 atom stereocenters. The Morgan fingerprint density at radius 1 is 1.15 bits per heavy atom. The van der Waals surface area contributed by atoms with Gasteiger partial charge in [-0.15, -0.1) is 0 Å². The Morgan fingerprint density at radius 3 is 2.65 bits per heavy atom. The van der Waals surface area contributed by atoms with Crippen LogP contribution in [0, 0.1) is 0 Å². The van der Waals surface area contributed by atoms with Crippen molar-refractivity contribution in [2.45, 2.75) is 26.3 Å². The highest BCUT2D eigenvalue weighted by Crippen LogP contribution is 2.40. The van der Waals surface area contributed by atoms with E-state index in [-0.39, 0.29) is 5.63 Å². The Balaban J connectivity index is 1.86. The molecule has 4 nitrogen and oxygen atoms in total. The molecule has 1 aliphatic heterocycles. The summed E-state index contributed by atoms with van der Waals surface area (Å²) in [4.78, 5) is 14.1. The van der Waals surface area contributed by atoms with Gasteiger partial charge < -0.3 is 14.1 Å². The van der Waals surface area contributed by atoms with Gasteiger partial charge in [-0.3, -0.25) is 0 Å². The molecule has 2 aromatic carbocycles. The van der Waals surface area contributed by atoms with Gasteiger partial charge in [0.05, 0.1) is 17.1 Å². The Morgan fingerprint density at radius 2 is 1.92 bits per heavy atom. The molecule has 0 bridgehead atoms. The Kier molecular flexibility index (Phi) is 4.55. The van der Waals surface area contributed by atoms with E-state index in [1.165, 1.54) is 0 Å². The van der Waals surface area contributed by atoms with Crippen molar-refractivity contribution in [1.82, 2.24) is 0 Å². The summed E-state index contributed by atoms with van der Waals surface area (Å²) < 4.78 is 11.5. The first kappa shape index (κ1) is 17.3. The molecule has 134 valence electrons. The molecule has 1 aliphatic rings. The fourth-order valence-corrected chi connectivity index (χ4v) is 3.75. The lowest BCUT2D eigenvalue weighted by Gasteiger charge is -2.31. The lowest BCUT2D eigenvalue weighted by molar-refractivity contribution is 0.289. The second-order valence-electron chi connectivity index (χ2n) is 6.33. The van der Waals surface area contributed by atoms with Crippen LogP contribution in [0.2, 0.25) is 10.0 Å². The van der Waals surface area contributed by atoms with Crippen LogP contribution in [0.25, 0.3) is 11.0 Å². The summed E-state index contributed by atoms with van der Waals surface area (Å²) in [6.07, 6.45) is 1.72. The highest BCUT2D eigenvalue weighted by molar-refractivity contribution is 6.33. The van der Waals surface area contributed by atoms with Crippen molar-refractivity contribution >= 4 is 39.9 Å². The quantitative estimate of drug-likeness (QED) is 0.561. The van der Waals surface area contributed by atoms with E-state index in [1.807, 2.05) is 35.2 Å². The van der Waals surface area contributed by atoms with Crippen LogP contribution in [0.5, 0.6) is 5.75 Å². The predicted molar refractivity (Wildman–Crippen MR) is 105 cm³/mol. The molecule has 0 N–H and O–H groups in total. The van der Waals surface area contributed by atoms with Crippen LogP contribution in [0.1, 0.15) is 24.5 Å². The Labute approximate surface area is 160 Å². The first-order valence-corrected chi connectivity index (χ1v) is 9.24. The van der Waals surface area contributed by atoms with Crippen molar-refractivity contribution in [3.8, 4) is 5.75 Å².